The van der Waals surface area contributed by atoms with Crippen molar-refractivity contribution < 1.29 is 13.9 Å². The highest BCUT2D eigenvalue weighted by Crippen LogP contribution is 2.19. The number of amides is 1. The lowest BCUT2D eigenvalue weighted by Gasteiger charge is -2.17. The molecule has 0 saturated carbocycles. The van der Waals surface area contributed by atoms with Gasteiger partial charge in [0.1, 0.15) is 0 Å². The number of halogens is 1. The van der Waals surface area contributed by atoms with E-state index in [0.717, 1.165) is 19.3 Å². The summed E-state index contributed by atoms with van der Waals surface area (Å²) in [6, 6.07) is 4.14. The highest BCUT2D eigenvalue weighted by atomic mass is 19.1. The van der Waals surface area contributed by atoms with Crippen LogP contribution >= 0.6 is 0 Å². The van der Waals surface area contributed by atoms with Crippen LogP contribution in [0.5, 0.6) is 5.75 Å². The number of benzene rings is 1. The fraction of sp³-hybridized carbons (Fsp3) is 0.500. The first-order valence-corrected chi connectivity index (χ1v) is 6.39. The third-order valence-electron chi connectivity index (χ3n) is 2.94. The fourth-order valence-electron chi connectivity index (χ4n) is 1.78. The molecule has 0 aliphatic rings. The van der Waals surface area contributed by atoms with Crippen LogP contribution in [0.25, 0.3) is 0 Å². The lowest BCUT2D eigenvalue weighted by atomic mass is 10.1. The molecule has 0 bridgehead atoms. The Kier molecular flexibility index (Phi) is 6.29. The molecular formula is C14H21FN2O2. The van der Waals surface area contributed by atoms with Crippen molar-refractivity contribution in [2.75, 3.05) is 27.2 Å². The summed E-state index contributed by atoms with van der Waals surface area (Å²) in [5.41, 5.74) is 5.84. The molecule has 1 amide bonds. The maximum Gasteiger partial charge on any atom is 0.253 e. The van der Waals surface area contributed by atoms with E-state index < -0.39 is 5.82 Å². The molecule has 1 rings (SSSR count). The van der Waals surface area contributed by atoms with Crippen molar-refractivity contribution >= 4 is 5.91 Å². The zero-order valence-electron chi connectivity index (χ0n) is 11.5. The van der Waals surface area contributed by atoms with Gasteiger partial charge in [-0.15, -0.1) is 0 Å². The Balaban J connectivity index is 2.61. The van der Waals surface area contributed by atoms with Crippen molar-refractivity contribution in [3.63, 3.8) is 0 Å². The molecule has 0 unspecified atom stereocenters. The Morgan fingerprint density at radius 3 is 2.74 bits per heavy atom. The largest absolute Gasteiger partial charge is 0.494 e. The van der Waals surface area contributed by atoms with Crippen LogP contribution in [0.1, 0.15) is 29.6 Å². The summed E-state index contributed by atoms with van der Waals surface area (Å²) in [5.74, 6) is -0.516. The van der Waals surface area contributed by atoms with Crippen molar-refractivity contribution in [2.45, 2.75) is 19.3 Å². The van der Waals surface area contributed by atoms with E-state index in [1.54, 1.807) is 11.9 Å². The highest BCUT2D eigenvalue weighted by molar-refractivity contribution is 5.94. The van der Waals surface area contributed by atoms with Crippen molar-refractivity contribution in [3.05, 3.63) is 29.6 Å². The second-order valence-electron chi connectivity index (χ2n) is 4.43. The summed E-state index contributed by atoms with van der Waals surface area (Å²) in [5, 5.41) is 0. The third-order valence-corrected chi connectivity index (χ3v) is 2.94. The van der Waals surface area contributed by atoms with Gasteiger partial charge in [-0.25, -0.2) is 4.39 Å². The average molecular weight is 268 g/mol. The fourth-order valence-corrected chi connectivity index (χ4v) is 1.78. The van der Waals surface area contributed by atoms with E-state index in [1.165, 1.54) is 25.3 Å². The minimum Gasteiger partial charge on any atom is -0.494 e. The molecule has 1 aromatic carbocycles. The van der Waals surface area contributed by atoms with Gasteiger partial charge in [0, 0.05) is 19.2 Å². The Morgan fingerprint density at radius 2 is 2.11 bits per heavy atom. The standard InChI is InChI=1S/C14H21FN2O2/c1-17(9-5-3-4-8-16)14(18)11-6-7-12(15)13(10-11)19-2/h6-7,10H,3-5,8-9,16H2,1-2H3. The van der Waals surface area contributed by atoms with Crippen LogP contribution in [0.15, 0.2) is 18.2 Å². The molecule has 0 aromatic heterocycles. The van der Waals surface area contributed by atoms with Crippen LogP contribution in [0, 0.1) is 5.82 Å². The smallest absolute Gasteiger partial charge is 0.253 e. The van der Waals surface area contributed by atoms with Gasteiger partial charge in [-0.2, -0.15) is 0 Å². The van der Waals surface area contributed by atoms with Gasteiger partial charge in [0.25, 0.3) is 5.91 Å². The lowest BCUT2D eigenvalue weighted by Crippen LogP contribution is -2.27. The first kappa shape index (κ1) is 15.4. The zero-order valence-corrected chi connectivity index (χ0v) is 11.5. The maximum absolute atomic E-state index is 13.3. The third kappa shape index (κ3) is 4.52. The first-order valence-electron chi connectivity index (χ1n) is 6.39. The van der Waals surface area contributed by atoms with Crippen LogP contribution < -0.4 is 10.5 Å². The number of rotatable bonds is 7. The lowest BCUT2D eigenvalue weighted by molar-refractivity contribution is 0.0792. The first-order chi connectivity index (χ1) is 9.10. The predicted molar refractivity (Wildman–Crippen MR) is 72.8 cm³/mol. The zero-order chi connectivity index (χ0) is 14.3. The molecule has 4 nitrogen and oxygen atoms in total. The number of methoxy groups -OCH3 is 1. The Hall–Kier alpha value is -1.62. The Labute approximate surface area is 113 Å². The summed E-state index contributed by atoms with van der Waals surface area (Å²) >= 11 is 0. The van der Waals surface area contributed by atoms with Crippen molar-refractivity contribution in [3.8, 4) is 5.75 Å². The van der Waals surface area contributed by atoms with Crippen LogP contribution in [-0.4, -0.2) is 38.1 Å². The van der Waals surface area contributed by atoms with Gasteiger partial charge < -0.3 is 15.4 Å². The number of nitrogens with two attached hydrogens (primary N) is 1. The number of nitrogens with zero attached hydrogens (tertiary/aromatic N) is 1. The molecule has 0 saturated heterocycles. The molecule has 1 aromatic rings. The van der Waals surface area contributed by atoms with Crippen LogP contribution in [0.2, 0.25) is 0 Å². The summed E-state index contributed by atoms with van der Waals surface area (Å²) in [6.07, 6.45) is 2.88. The number of carbonyl (C=O) groups is 1. The van der Waals surface area contributed by atoms with Crippen molar-refractivity contribution in [1.29, 1.82) is 0 Å². The maximum atomic E-state index is 13.3. The van der Waals surface area contributed by atoms with E-state index >= 15 is 0 Å². The van der Waals surface area contributed by atoms with E-state index in [9.17, 15) is 9.18 Å². The van der Waals surface area contributed by atoms with Crippen LogP contribution in [0.4, 0.5) is 4.39 Å². The number of unbranched alkanes of at least 4 members (excludes halogenated alkanes) is 2. The van der Waals surface area contributed by atoms with Crippen LogP contribution in [-0.2, 0) is 0 Å². The van der Waals surface area contributed by atoms with E-state index in [0.29, 0.717) is 18.7 Å². The minimum absolute atomic E-state index is 0.0855. The molecule has 0 aliphatic carbocycles. The second-order valence-corrected chi connectivity index (χ2v) is 4.43. The Morgan fingerprint density at radius 1 is 1.37 bits per heavy atom. The summed E-state index contributed by atoms with van der Waals surface area (Å²) < 4.78 is 18.1. The quantitative estimate of drug-likeness (QED) is 0.770. The minimum atomic E-state index is -0.468. The molecule has 5 heteroatoms. The molecule has 19 heavy (non-hydrogen) atoms. The van der Waals surface area contributed by atoms with Gasteiger partial charge in [0.2, 0.25) is 0 Å². The number of hydrogen-bond donors (Lipinski definition) is 1. The Bertz CT molecular complexity index is 424. The average Bonchev–Trinajstić information content (AvgIpc) is 2.43. The van der Waals surface area contributed by atoms with Gasteiger partial charge in [-0.1, -0.05) is 6.42 Å². The molecule has 0 atom stereocenters. The summed E-state index contributed by atoms with van der Waals surface area (Å²) in [7, 11) is 3.11. The van der Waals surface area contributed by atoms with Gasteiger partial charge in [-0.05, 0) is 37.6 Å². The van der Waals surface area contributed by atoms with Gasteiger partial charge in [-0.3, -0.25) is 4.79 Å². The molecule has 0 fully saturated rings. The topological polar surface area (TPSA) is 55.6 Å². The van der Waals surface area contributed by atoms with Gasteiger partial charge in [0.15, 0.2) is 11.6 Å². The monoisotopic (exact) mass is 268 g/mol. The van der Waals surface area contributed by atoms with Crippen molar-refractivity contribution in [1.82, 2.24) is 4.90 Å². The van der Waals surface area contributed by atoms with E-state index in [-0.39, 0.29) is 11.7 Å². The molecule has 0 heterocycles. The second kappa shape index (κ2) is 7.74. The van der Waals surface area contributed by atoms with Crippen LogP contribution in [0.3, 0.4) is 0 Å². The molecule has 106 valence electrons. The van der Waals surface area contributed by atoms with E-state index in [4.69, 9.17) is 10.5 Å². The molecular weight excluding hydrogens is 247 g/mol. The molecule has 0 spiro atoms. The van der Waals surface area contributed by atoms with E-state index in [2.05, 4.69) is 0 Å². The number of ether oxygens (including phenoxy) is 1. The summed E-state index contributed by atoms with van der Waals surface area (Å²) in [4.78, 5) is 13.7. The molecule has 0 aliphatic heterocycles. The number of carbonyl (C=O) groups excluding carboxylic acids is 1. The molecule has 2 N–H and O–H groups in total. The molecule has 0 radical (unpaired) electrons. The van der Waals surface area contributed by atoms with Gasteiger partial charge >= 0.3 is 0 Å². The highest BCUT2D eigenvalue weighted by Gasteiger charge is 2.13. The SMILES string of the molecule is COc1cc(C(=O)N(C)CCCCCN)ccc1F. The van der Waals surface area contributed by atoms with Crippen molar-refractivity contribution in [2.24, 2.45) is 5.73 Å². The predicted octanol–water partition coefficient (Wildman–Crippen LogP) is 2.04. The van der Waals surface area contributed by atoms with Gasteiger partial charge in [0.05, 0.1) is 7.11 Å². The normalized spacial score (nSPS) is 10.3. The summed E-state index contributed by atoms with van der Waals surface area (Å²) in [6.45, 7) is 1.34. The number of hydrogen-bond acceptors (Lipinski definition) is 3. The van der Waals surface area contributed by atoms with E-state index in [1.807, 2.05) is 0 Å².